The van der Waals surface area contributed by atoms with Gasteiger partial charge in [-0.1, -0.05) is 20.8 Å². The molecule has 18 heavy (non-hydrogen) atoms. The van der Waals surface area contributed by atoms with Gasteiger partial charge in [-0.05, 0) is 11.8 Å². The summed E-state index contributed by atoms with van der Waals surface area (Å²) in [6, 6.07) is 0. The Hall–Kier alpha value is -0.940. The maximum absolute atomic E-state index is 12.0. The summed E-state index contributed by atoms with van der Waals surface area (Å²) < 4.78 is 0. The lowest BCUT2D eigenvalue weighted by atomic mass is 9.84. The zero-order chi connectivity index (χ0) is 13.6. The number of hydrogen-bond donors (Lipinski definition) is 2. The van der Waals surface area contributed by atoms with Gasteiger partial charge in [0.25, 0.3) is 0 Å². The zero-order valence-electron chi connectivity index (χ0n) is 11.4. The molecule has 0 saturated heterocycles. The Morgan fingerprint density at radius 3 is 2.78 bits per heavy atom. The fourth-order valence-corrected chi connectivity index (χ4v) is 2.46. The van der Waals surface area contributed by atoms with Crippen molar-refractivity contribution in [3.63, 3.8) is 0 Å². The molecule has 0 aliphatic rings. The van der Waals surface area contributed by atoms with E-state index in [1.807, 2.05) is 5.38 Å². The summed E-state index contributed by atoms with van der Waals surface area (Å²) in [7, 11) is 0. The zero-order valence-corrected chi connectivity index (χ0v) is 12.2. The Labute approximate surface area is 113 Å². The fraction of sp³-hybridized carbons (Fsp3) is 0.692. The third-order valence-electron chi connectivity index (χ3n) is 2.64. The van der Waals surface area contributed by atoms with Crippen molar-refractivity contribution < 1.29 is 4.79 Å². The highest BCUT2D eigenvalue weighted by Gasteiger charge is 2.23. The van der Waals surface area contributed by atoms with Crippen LogP contribution in [0.5, 0.6) is 0 Å². The van der Waals surface area contributed by atoms with Crippen molar-refractivity contribution >= 4 is 17.2 Å². The van der Waals surface area contributed by atoms with Gasteiger partial charge in [0.2, 0.25) is 5.91 Å². The molecule has 0 aromatic carbocycles. The quantitative estimate of drug-likeness (QED) is 0.827. The van der Waals surface area contributed by atoms with E-state index in [1.54, 1.807) is 17.5 Å². The van der Waals surface area contributed by atoms with Gasteiger partial charge in [0.1, 0.15) is 0 Å². The highest BCUT2D eigenvalue weighted by molar-refractivity contribution is 7.09. The summed E-state index contributed by atoms with van der Waals surface area (Å²) in [6.45, 7) is 7.41. The summed E-state index contributed by atoms with van der Waals surface area (Å²) in [4.78, 5) is 16.2. The summed E-state index contributed by atoms with van der Waals surface area (Å²) in [5.41, 5.74) is 5.80. The Bertz CT molecular complexity index is 357. The molecule has 0 saturated carbocycles. The lowest BCUT2D eigenvalue weighted by Gasteiger charge is -2.24. The lowest BCUT2D eigenvalue weighted by molar-refractivity contribution is -0.125. The SMILES string of the molecule is CC(C)(C)CC(CN)C(=O)NCCc1nccs1. The molecule has 0 radical (unpaired) electrons. The van der Waals surface area contributed by atoms with Gasteiger partial charge < -0.3 is 11.1 Å². The number of nitrogens with two attached hydrogens (primary N) is 1. The van der Waals surface area contributed by atoms with E-state index >= 15 is 0 Å². The first-order valence-corrected chi connectivity index (χ1v) is 7.16. The average molecular weight is 269 g/mol. The Kier molecular flexibility index (Phi) is 5.75. The molecule has 1 unspecified atom stereocenters. The van der Waals surface area contributed by atoms with Crippen molar-refractivity contribution in [1.82, 2.24) is 10.3 Å². The van der Waals surface area contributed by atoms with Crippen LogP contribution in [-0.2, 0) is 11.2 Å². The second kappa shape index (κ2) is 6.85. The molecule has 3 N–H and O–H groups in total. The van der Waals surface area contributed by atoms with Crippen LogP contribution in [0.4, 0.5) is 0 Å². The number of nitrogens with zero attached hydrogens (tertiary/aromatic N) is 1. The monoisotopic (exact) mass is 269 g/mol. The summed E-state index contributed by atoms with van der Waals surface area (Å²) in [5.74, 6) is -0.0368. The van der Waals surface area contributed by atoms with E-state index in [4.69, 9.17) is 5.73 Å². The van der Waals surface area contributed by atoms with Gasteiger partial charge in [0.05, 0.1) is 10.9 Å². The van der Waals surface area contributed by atoms with Crippen LogP contribution in [0.2, 0.25) is 0 Å². The molecule has 1 aromatic rings. The Morgan fingerprint density at radius 2 is 2.28 bits per heavy atom. The van der Waals surface area contributed by atoms with Crippen LogP contribution >= 0.6 is 11.3 Å². The molecule has 1 amide bonds. The molecule has 1 atom stereocenters. The summed E-state index contributed by atoms with van der Waals surface area (Å²) in [6.07, 6.45) is 3.38. The first-order chi connectivity index (χ1) is 8.42. The molecule has 0 fully saturated rings. The van der Waals surface area contributed by atoms with Crippen LogP contribution in [0.3, 0.4) is 0 Å². The van der Waals surface area contributed by atoms with Crippen molar-refractivity contribution in [2.45, 2.75) is 33.6 Å². The Morgan fingerprint density at radius 1 is 1.56 bits per heavy atom. The van der Waals surface area contributed by atoms with Crippen molar-refractivity contribution in [2.24, 2.45) is 17.1 Å². The van der Waals surface area contributed by atoms with Crippen LogP contribution in [0.15, 0.2) is 11.6 Å². The summed E-state index contributed by atoms with van der Waals surface area (Å²) in [5, 5.41) is 5.94. The standard InChI is InChI=1S/C13H23N3OS/c1-13(2,3)8-10(9-14)12(17)16-5-4-11-15-6-7-18-11/h6-7,10H,4-5,8-9,14H2,1-3H3,(H,16,17). The Balaban J connectivity index is 2.33. The minimum Gasteiger partial charge on any atom is -0.355 e. The summed E-state index contributed by atoms with van der Waals surface area (Å²) >= 11 is 1.61. The number of aromatic nitrogens is 1. The van der Waals surface area contributed by atoms with E-state index in [9.17, 15) is 4.79 Å². The normalized spacial score (nSPS) is 13.3. The largest absolute Gasteiger partial charge is 0.355 e. The van der Waals surface area contributed by atoms with Gasteiger partial charge in [-0.3, -0.25) is 4.79 Å². The van der Waals surface area contributed by atoms with Crippen LogP contribution < -0.4 is 11.1 Å². The number of amides is 1. The van der Waals surface area contributed by atoms with Crippen LogP contribution in [0.25, 0.3) is 0 Å². The van der Waals surface area contributed by atoms with Gasteiger partial charge >= 0.3 is 0 Å². The highest BCUT2D eigenvalue weighted by atomic mass is 32.1. The van der Waals surface area contributed by atoms with Gasteiger partial charge in [0, 0.05) is 31.1 Å². The van der Waals surface area contributed by atoms with Crippen molar-refractivity contribution in [3.8, 4) is 0 Å². The van der Waals surface area contributed by atoms with E-state index < -0.39 is 0 Å². The molecule has 102 valence electrons. The molecule has 5 heteroatoms. The topological polar surface area (TPSA) is 68.0 Å². The molecule has 1 aromatic heterocycles. The number of hydrogen-bond acceptors (Lipinski definition) is 4. The van der Waals surface area contributed by atoms with Gasteiger partial charge in [0.15, 0.2) is 0 Å². The third kappa shape index (κ3) is 5.60. The van der Waals surface area contributed by atoms with Crippen molar-refractivity contribution in [2.75, 3.05) is 13.1 Å². The third-order valence-corrected chi connectivity index (χ3v) is 3.48. The van der Waals surface area contributed by atoms with E-state index in [-0.39, 0.29) is 17.2 Å². The molecule has 0 spiro atoms. The van der Waals surface area contributed by atoms with Crippen molar-refractivity contribution in [1.29, 1.82) is 0 Å². The van der Waals surface area contributed by atoms with Crippen LogP contribution in [0, 0.1) is 11.3 Å². The highest BCUT2D eigenvalue weighted by Crippen LogP contribution is 2.23. The first-order valence-electron chi connectivity index (χ1n) is 6.28. The van der Waals surface area contributed by atoms with E-state index in [2.05, 4.69) is 31.1 Å². The molecule has 0 bridgehead atoms. The predicted molar refractivity (Wildman–Crippen MR) is 75.4 cm³/mol. The second-order valence-electron chi connectivity index (χ2n) is 5.66. The van der Waals surface area contributed by atoms with Gasteiger partial charge in [-0.2, -0.15) is 0 Å². The van der Waals surface area contributed by atoms with E-state index in [0.29, 0.717) is 13.1 Å². The van der Waals surface area contributed by atoms with Crippen LogP contribution in [0.1, 0.15) is 32.2 Å². The minimum absolute atomic E-state index is 0.0592. The van der Waals surface area contributed by atoms with Gasteiger partial charge in [-0.25, -0.2) is 4.98 Å². The molecule has 4 nitrogen and oxygen atoms in total. The lowest BCUT2D eigenvalue weighted by Crippen LogP contribution is -2.38. The van der Waals surface area contributed by atoms with E-state index in [0.717, 1.165) is 17.8 Å². The van der Waals surface area contributed by atoms with E-state index in [1.165, 1.54) is 0 Å². The predicted octanol–water partition coefficient (Wildman–Crippen LogP) is 1.81. The van der Waals surface area contributed by atoms with Crippen molar-refractivity contribution in [3.05, 3.63) is 16.6 Å². The maximum Gasteiger partial charge on any atom is 0.224 e. The molecule has 1 rings (SSSR count). The average Bonchev–Trinajstić information content (AvgIpc) is 2.77. The molecular formula is C13H23N3OS. The number of carbonyl (C=O) groups is 1. The first kappa shape index (κ1) is 15.1. The number of thiazole rings is 1. The van der Waals surface area contributed by atoms with Gasteiger partial charge in [-0.15, -0.1) is 11.3 Å². The maximum atomic E-state index is 12.0. The fourth-order valence-electron chi connectivity index (χ4n) is 1.84. The second-order valence-corrected chi connectivity index (χ2v) is 6.64. The minimum atomic E-state index is -0.0960. The molecular weight excluding hydrogens is 246 g/mol. The smallest absolute Gasteiger partial charge is 0.224 e. The molecule has 0 aliphatic heterocycles. The number of rotatable bonds is 6. The number of carbonyl (C=O) groups excluding carboxylic acids is 1. The molecule has 1 heterocycles. The number of nitrogens with one attached hydrogen (secondary N) is 1. The molecule has 0 aliphatic carbocycles. The van der Waals surface area contributed by atoms with Crippen LogP contribution in [-0.4, -0.2) is 24.0 Å².